The number of rotatable bonds is 5. The lowest BCUT2D eigenvalue weighted by molar-refractivity contribution is -0.139. The van der Waals surface area contributed by atoms with Crippen molar-refractivity contribution in [2.75, 3.05) is 13.7 Å². The summed E-state index contributed by atoms with van der Waals surface area (Å²) in [5.74, 6) is -0.401. The van der Waals surface area contributed by atoms with Crippen LogP contribution in [0.4, 0.5) is 0 Å². The van der Waals surface area contributed by atoms with E-state index in [2.05, 4.69) is 10.3 Å². The van der Waals surface area contributed by atoms with Crippen molar-refractivity contribution in [3.05, 3.63) is 35.0 Å². The average molecular weight is 406 g/mol. The number of nitrogens with zero attached hydrogens (tertiary/aromatic N) is 1. The highest BCUT2D eigenvalue weighted by Gasteiger charge is 2.31. The zero-order chi connectivity index (χ0) is 20.8. The zero-order valence-corrected chi connectivity index (χ0v) is 17.1. The van der Waals surface area contributed by atoms with Crippen molar-refractivity contribution in [2.24, 2.45) is 4.99 Å². The maximum absolute atomic E-state index is 12.5. The van der Waals surface area contributed by atoms with Crippen LogP contribution in [0.5, 0.6) is 11.5 Å². The molecule has 0 fully saturated rings. The van der Waals surface area contributed by atoms with Crippen LogP contribution < -0.4 is 14.8 Å². The van der Waals surface area contributed by atoms with Gasteiger partial charge in [0.25, 0.3) is 0 Å². The second-order valence-electron chi connectivity index (χ2n) is 5.82. The van der Waals surface area contributed by atoms with Crippen molar-refractivity contribution in [3.63, 3.8) is 0 Å². The fraction of sp³-hybridized carbons (Fsp3) is 0.368. The lowest BCUT2D eigenvalue weighted by Gasteiger charge is -2.25. The smallest absolute Gasteiger partial charge is 0.338 e. The Balaban J connectivity index is 2.52. The van der Waals surface area contributed by atoms with Crippen LogP contribution in [-0.2, 0) is 19.1 Å². The maximum Gasteiger partial charge on any atom is 0.338 e. The Labute approximate surface area is 167 Å². The number of benzene rings is 1. The molecule has 1 aliphatic rings. The molecule has 0 amide bonds. The molecule has 1 aromatic carbocycles. The summed E-state index contributed by atoms with van der Waals surface area (Å²) in [6, 6.07) is 4.19. The van der Waals surface area contributed by atoms with Gasteiger partial charge in [-0.1, -0.05) is 6.07 Å². The number of allylic oxidation sites excluding steroid dienone is 1. The van der Waals surface area contributed by atoms with Crippen LogP contribution in [0.1, 0.15) is 39.3 Å². The summed E-state index contributed by atoms with van der Waals surface area (Å²) in [5, 5.41) is 3.22. The van der Waals surface area contributed by atoms with E-state index in [0.717, 1.165) is 11.8 Å². The van der Waals surface area contributed by atoms with Crippen molar-refractivity contribution in [1.82, 2.24) is 5.32 Å². The van der Waals surface area contributed by atoms with Crippen molar-refractivity contribution in [2.45, 2.75) is 33.7 Å². The van der Waals surface area contributed by atoms with E-state index in [1.807, 2.05) is 0 Å². The molecule has 28 heavy (non-hydrogen) atoms. The molecule has 2 rings (SSSR count). The quantitative estimate of drug-likeness (QED) is 0.588. The molecule has 0 bridgehead atoms. The van der Waals surface area contributed by atoms with Crippen LogP contribution in [0.2, 0.25) is 0 Å². The first kappa shape index (κ1) is 21.5. The van der Waals surface area contributed by atoms with Crippen molar-refractivity contribution < 1.29 is 28.6 Å². The van der Waals surface area contributed by atoms with Crippen molar-refractivity contribution in [3.8, 4) is 11.5 Å². The molecule has 0 aromatic heterocycles. The predicted molar refractivity (Wildman–Crippen MR) is 105 cm³/mol. The summed E-state index contributed by atoms with van der Waals surface area (Å²) in [6.07, 6.45) is 0. The number of ether oxygens (including phenoxy) is 3. The predicted octanol–water partition coefficient (Wildman–Crippen LogP) is 2.74. The SMILES string of the molecule is CCOC(=O)C1=C(C)NC(SC(C)=O)=NC1c1ccc(OC(C)=O)c(OC)c1. The largest absolute Gasteiger partial charge is 0.493 e. The minimum Gasteiger partial charge on any atom is -0.493 e. The number of carbonyl (C=O) groups excluding carboxylic acids is 3. The molecule has 8 nitrogen and oxygen atoms in total. The highest BCUT2D eigenvalue weighted by Crippen LogP contribution is 2.37. The summed E-state index contributed by atoms with van der Waals surface area (Å²) in [5.41, 5.74) is 1.50. The van der Waals surface area contributed by atoms with Gasteiger partial charge >= 0.3 is 11.9 Å². The molecule has 1 unspecified atom stereocenters. The van der Waals surface area contributed by atoms with Gasteiger partial charge in [0.15, 0.2) is 21.8 Å². The number of hydrogen-bond donors (Lipinski definition) is 1. The van der Waals surface area contributed by atoms with Crippen molar-refractivity contribution in [1.29, 1.82) is 0 Å². The minimum absolute atomic E-state index is 0.139. The maximum atomic E-state index is 12.5. The van der Waals surface area contributed by atoms with Gasteiger partial charge in [0, 0.05) is 19.5 Å². The summed E-state index contributed by atoms with van der Waals surface area (Å²) in [7, 11) is 1.45. The molecule has 1 heterocycles. The topological polar surface area (TPSA) is 103 Å². The number of carbonyl (C=O) groups is 3. The molecular formula is C19H22N2O6S. The first-order chi connectivity index (χ1) is 13.3. The zero-order valence-electron chi connectivity index (χ0n) is 16.3. The summed E-state index contributed by atoms with van der Waals surface area (Å²) < 4.78 is 15.6. The molecule has 0 aliphatic carbocycles. The van der Waals surface area contributed by atoms with Gasteiger partial charge in [-0.25, -0.2) is 9.79 Å². The van der Waals surface area contributed by atoms with Gasteiger partial charge in [0.2, 0.25) is 0 Å². The van der Waals surface area contributed by atoms with Crippen molar-refractivity contribution >= 4 is 34.0 Å². The third kappa shape index (κ3) is 5.13. The standard InChI is InChI=1S/C19H22N2O6S/c1-6-26-18(24)16-10(2)20-19(28-12(4)23)21-17(16)13-7-8-14(27-11(3)22)15(9-13)25-5/h7-9,17H,6H2,1-5H3,(H,20,21). The Kier molecular flexibility index (Phi) is 7.22. The molecule has 1 aliphatic heterocycles. The molecule has 1 aromatic rings. The number of nitrogens with one attached hydrogen (secondary N) is 1. The number of thioether (sulfide) groups is 1. The van der Waals surface area contributed by atoms with Crippen LogP contribution >= 0.6 is 11.8 Å². The van der Waals surface area contributed by atoms with E-state index in [-0.39, 0.29) is 17.5 Å². The van der Waals surface area contributed by atoms with Gasteiger partial charge < -0.3 is 19.5 Å². The van der Waals surface area contributed by atoms with Crippen LogP contribution in [-0.4, -0.2) is 35.9 Å². The van der Waals surface area contributed by atoms with Gasteiger partial charge in [-0.15, -0.1) is 0 Å². The molecule has 1 N–H and O–H groups in total. The Morgan fingerprint density at radius 1 is 1.21 bits per heavy atom. The van der Waals surface area contributed by atoms with E-state index in [0.29, 0.717) is 27.8 Å². The number of aliphatic imine (C=N–C) groups is 1. The van der Waals surface area contributed by atoms with E-state index >= 15 is 0 Å². The summed E-state index contributed by atoms with van der Waals surface area (Å²) in [6.45, 7) is 6.38. The number of esters is 2. The molecule has 0 saturated heterocycles. The molecule has 0 saturated carbocycles. The van der Waals surface area contributed by atoms with Gasteiger partial charge in [-0.3, -0.25) is 9.59 Å². The summed E-state index contributed by atoms with van der Waals surface area (Å²) >= 11 is 0.939. The molecular weight excluding hydrogens is 384 g/mol. The summed E-state index contributed by atoms with van der Waals surface area (Å²) in [4.78, 5) is 39.8. The van der Waals surface area contributed by atoms with Crippen LogP contribution in [0, 0.1) is 0 Å². The molecule has 0 spiro atoms. The van der Waals surface area contributed by atoms with E-state index in [4.69, 9.17) is 14.2 Å². The third-order valence-corrected chi connectivity index (χ3v) is 4.40. The highest BCUT2D eigenvalue weighted by molar-refractivity contribution is 8.26. The monoisotopic (exact) mass is 406 g/mol. The van der Waals surface area contributed by atoms with Gasteiger partial charge in [0.05, 0.1) is 19.3 Å². The van der Waals surface area contributed by atoms with Crippen LogP contribution in [0.25, 0.3) is 0 Å². The second-order valence-corrected chi connectivity index (χ2v) is 6.98. The van der Waals surface area contributed by atoms with E-state index < -0.39 is 18.0 Å². The van der Waals surface area contributed by atoms with Crippen LogP contribution in [0.15, 0.2) is 34.5 Å². The first-order valence-corrected chi connectivity index (χ1v) is 9.35. The highest BCUT2D eigenvalue weighted by atomic mass is 32.2. The van der Waals surface area contributed by atoms with Gasteiger partial charge in [-0.2, -0.15) is 0 Å². The van der Waals surface area contributed by atoms with Crippen LogP contribution in [0.3, 0.4) is 0 Å². The molecule has 1 atom stereocenters. The molecule has 150 valence electrons. The van der Waals surface area contributed by atoms with E-state index in [1.165, 1.54) is 21.0 Å². The van der Waals surface area contributed by atoms with Gasteiger partial charge in [-0.05, 0) is 43.3 Å². The Morgan fingerprint density at radius 2 is 1.93 bits per heavy atom. The molecule has 9 heteroatoms. The van der Waals surface area contributed by atoms with Gasteiger partial charge in [0.1, 0.15) is 6.04 Å². The van der Waals surface area contributed by atoms with E-state index in [9.17, 15) is 14.4 Å². The first-order valence-electron chi connectivity index (χ1n) is 8.54. The Hall–Kier alpha value is -2.81. The minimum atomic E-state index is -0.706. The number of hydrogen-bond acceptors (Lipinski definition) is 9. The fourth-order valence-electron chi connectivity index (χ4n) is 2.64. The lowest BCUT2D eigenvalue weighted by Crippen LogP contribution is -2.31. The third-order valence-electron chi connectivity index (χ3n) is 3.71. The molecule has 0 radical (unpaired) electrons. The number of methoxy groups -OCH3 is 1. The van der Waals surface area contributed by atoms with E-state index in [1.54, 1.807) is 32.0 Å². The lowest BCUT2D eigenvalue weighted by atomic mass is 9.96. The second kappa shape index (κ2) is 9.41. The average Bonchev–Trinajstić information content (AvgIpc) is 2.60. The fourth-order valence-corrected chi connectivity index (χ4v) is 3.28. The normalized spacial score (nSPS) is 16.0. The Bertz CT molecular complexity index is 862. The number of amidine groups is 1. The Morgan fingerprint density at radius 3 is 2.50 bits per heavy atom.